The zero-order valence-corrected chi connectivity index (χ0v) is 17.1. The quantitative estimate of drug-likeness (QED) is 0.684. The smallest absolute Gasteiger partial charge is 0.329 e. The van der Waals surface area contributed by atoms with Gasteiger partial charge in [-0.2, -0.15) is 0 Å². The van der Waals surface area contributed by atoms with Crippen molar-refractivity contribution in [2.75, 3.05) is 6.61 Å². The highest BCUT2D eigenvalue weighted by Crippen LogP contribution is 2.55. The lowest BCUT2D eigenvalue weighted by molar-refractivity contribution is -0.152. The van der Waals surface area contributed by atoms with Gasteiger partial charge in [0.25, 0.3) is 11.8 Å². The molecule has 1 heterocycles. The van der Waals surface area contributed by atoms with Crippen LogP contribution < -0.4 is 10.6 Å². The molecular formula is C22H30N2O5. The molecule has 7 heteroatoms. The fraction of sp³-hybridized carbons (Fsp3) is 0.682. The molecule has 29 heavy (non-hydrogen) atoms. The van der Waals surface area contributed by atoms with Crippen molar-refractivity contribution in [1.82, 2.24) is 10.6 Å². The second-order valence-corrected chi connectivity index (χ2v) is 9.53. The molecule has 1 aromatic heterocycles. The number of nitrogens with one attached hydrogen (secondary N) is 2. The van der Waals surface area contributed by atoms with Crippen LogP contribution in [-0.2, 0) is 14.3 Å². The Labute approximate surface area is 170 Å². The summed E-state index contributed by atoms with van der Waals surface area (Å²) in [5.74, 6) is 0.781. The molecule has 1 atom stereocenters. The number of esters is 1. The Morgan fingerprint density at radius 2 is 1.76 bits per heavy atom. The Bertz CT molecular complexity index is 735. The van der Waals surface area contributed by atoms with E-state index in [9.17, 15) is 14.4 Å². The Morgan fingerprint density at radius 3 is 2.28 bits per heavy atom. The summed E-state index contributed by atoms with van der Waals surface area (Å²) in [4.78, 5) is 37.2. The fourth-order valence-corrected chi connectivity index (χ4v) is 5.94. The van der Waals surface area contributed by atoms with Crippen molar-refractivity contribution in [3.63, 3.8) is 0 Å². The van der Waals surface area contributed by atoms with Gasteiger partial charge in [0.05, 0.1) is 6.26 Å². The van der Waals surface area contributed by atoms with Crippen molar-refractivity contribution in [1.29, 1.82) is 0 Å². The maximum atomic E-state index is 12.5. The van der Waals surface area contributed by atoms with Crippen molar-refractivity contribution in [2.24, 2.45) is 23.7 Å². The maximum absolute atomic E-state index is 12.5. The number of hydrogen-bond acceptors (Lipinski definition) is 5. The van der Waals surface area contributed by atoms with Gasteiger partial charge < -0.3 is 19.8 Å². The van der Waals surface area contributed by atoms with Crippen LogP contribution in [0.2, 0.25) is 0 Å². The molecule has 5 rings (SSSR count). The van der Waals surface area contributed by atoms with E-state index >= 15 is 0 Å². The predicted octanol–water partition coefficient (Wildman–Crippen LogP) is 2.66. The summed E-state index contributed by atoms with van der Waals surface area (Å²) in [6.45, 7) is 3.30. The van der Waals surface area contributed by atoms with E-state index in [1.54, 1.807) is 6.07 Å². The highest BCUT2D eigenvalue weighted by atomic mass is 16.5. The molecule has 7 nitrogen and oxygen atoms in total. The number of furan rings is 1. The molecule has 2 amide bonds. The SMILES string of the molecule is CC(C)[C@@H](NC(=O)c1ccco1)C(=O)OCC(=O)NC12CC3CC(CC(C3)C1)C2. The van der Waals surface area contributed by atoms with E-state index in [0.717, 1.165) is 37.0 Å². The van der Waals surface area contributed by atoms with Crippen LogP contribution in [0.1, 0.15) is 62.9 Å². The molecule has 158 valence electrons. The molecule has 0 saturated heterocycles. The third-order valence-electron chi connectivity index (χ3n) is 6.74. The highest BCUT2D eigenvalue weighted by Gasteiger charge is 2.51. The highest BCUT2D eigenvalue weighted by molar-refractivity contribution is 5.94. The Kier molecular flexibility index (Phi) is 5.40. The van der Waals surface area contributed by atoms with Crippen LogP contribution in [0.15, 0.2) is 22.8 Å². The lowest BCUT2D eigenvalue weighted by Crippen LogP contribution is -2.60. The lowest BCUT2D eigenvalue weighted by atomic mass is 9.53. The molecule has 4 fully saturated rings. The standard InChI is InChI=1S/C22H30N2O5/c1-13(2)19(23-20(26)17-4-3-5-28-17)21(27)29-12-18(25)24-22-9-14-6-15(10-22)8-16(7-14)11-22/h3-5,13-16,19H,6-12H2,1-2H3,(H,23,26)(H,24,25)/t14?,15?,16?,19-,22?/m1/s1. The van der Waals surface area contributed by atoms with Gasteiger partial charge in [0.1, 0.15) is 6.04 Å². The van der Waals surface area contributed by atoms with Crippen LogP contribution in [0.4, 0.5) is 0 Å². The predicted molar refractivity (Wildman–Crippen MR) is 105 cm³/mol. The summed E-state index contributed by atoms with van der Waals surface area (Å²) in [7, 11) is 0. The molecule has 0 radical (unpaired) electrons. The van der Waals surface area contributed by atoms with E-state index in [0.29, 0.717) is 0 Å². The molecule has 1 aromatic rings. The molecule has 0 aromatic carbocycles. The Hall–Kier alpha value is -2.31. The van der Waals surface area contributed by atoms with Gasteiger partial charge in [0.15, 0.2) is 12.4 Å². The van der Waals surface area contributed by atoms with E-state index in [2.05, 4.69) is 10.6 Å². The first-order chi connectivity index (χ1) is 13.8. The molecular weight excluding hydrogens is 372 g/mol. The van der Waals surface area contributed by atoms with Gasteiger partial charge in [-0.25, -0.2) is 4.79 Å². The fourth-order valence-electron chi connectivity index (χ4n) is 5.94. The summed E-state index contributed by atoms with van der Waals surface area (Å²) in [6, 6.07) is 2.28. The van der Waals surface area contributed by atoms with Crippen LogP contribution in [0.3, 0.4) is 0 Å². The lowest BCUT2D eigenvalue weighted by Gasteiger charge is -2.56. The average Bonchev–Trinajstić information content (AvgIpc) is 3.17. The summed E-state index contributed by atoms with van der Waals surface area (Å²) >= 11 is 0. The zero-order chi connectivity index (χ0) is 20.6. The molecule has 0 spiro atoms. The van der Waals surface area contributed by atoms with Gasteiger partial charge >= 0.3 is 5.97 Å². The third kappa shape index (κ3) is 4.33. The second-order valence-electron chi connectivity index (χ2n) is 9.53. The first-order valence-corrected chi connectivity index (χ1v) is 10.7. The minimum Gasteiger partial charge on any atom is -0.459 e. The van der Waals surface area contributed by atoms with Crippen LogP contribution in [0.5, 0.6) is 0 Å². The number of ether oxygens (including phenoxy) is 1. The molecule has 2 N–H and O–H groups in total. The third-order valence-corrected chi connectivity index (χ3v) is 6.74. The monoisotopic (exact) mass is 402 g/mol. The van der Waals surface area contributed by atoms with E-state index in [4.69, 9.17) is 9.15 Å². The number of carbonyl (C=O) groups excluding carboxylic acids is 3. The van der Waals surface area contributed by atoms with E-state index < -0.39 is 17.9 Å². The Morgan fingerprint density at radius 1 is 1.14 bits per heavy atom. The second kappa shape index (κ2) is 7.84. The number of rotatable bonds is 7. The first-order valence-electron chi connectivity index (χ1n) is 10.7. The maximum Gasteiger partial charge on any atom is 0.329 e. The van der Waals surface area contributed by atoms with Crippen molar-refractivity contribution >= 4 is 17.8 Å². The van der Waals surface area contributed by atoms with Crippen molar-refractivity contribution in [3.05, 3.63) is 24.2 Å². The van der Waals surface area contributed by atoms with Crippen molar-refractivity contribution < 1.29 is 23.5 Å². The number of carbonyl (C=O) groups is 3. The summed E-state index contributed by atoms with van der Waals surface area (Å²) in [6.07, 6.45) is 8.44. The summed E-state index contributed by atoms with van der Waals surface area (Å²) in [5, 5.41) is 5.82. The largest absolute Gasteiger partial charge is 0.459 e. The molecule has 0 unspecified atom stereocenters. The van der Waals surface area contributed by atoms with Gasteiger partial charge in [-0.15, -0.1) is 0 Å². The first kappa shape index (κ1) is 20.0. The minimum absolute atomic E-state index is 0.108. The van der Waals surface area contributed by atoms with Crippen molar-refractivity contribution in [2.45, 2.75) is 64.0 Å². The van der Waals surface area contributed by atoms with Crippen LogP contribution >= 0.6 is 0 Å². The topological polar surface area (TPSA) is 97.6 Å². The summed E-state index contributed by atoms with van der Waals surface area (Å²) < 4.78 is 10.3. The van der Waals surface area contributed by atoms with Crippen LogP contribution in [0, 0.1) is 23.7 Å². The molecule has 4 saturated carbocycles. The van der Waals surface area contributed by atoms with Gasteiger partial charge in [-0.05, 0) is 74.3 Å². The molecule has 4 bridgehead atoms. The van der Waals surface area contributed by atoms with E-state index in [1.165, 1.54) is 31.6 Å². The van der Waals surface area contributed by atoms with E-state index in [-0.39, 0.29) is 29.7 Å². The van der Waals surface area contributed by atoms with Gasteiger partial charge in [0.2, 0.25) is 0 Å². The number of amides is 2. The number of hydrogen-bond donors (Lipinski definition) is 2. The molecule has 4 aliphatic carbocycles. The van der Waals surface area contributed by atoms with Crippen molar-refractivity contribution in [3.8, 4) is 0 Å². The van der Waals surface area contributed by atoms with E-state index in [1.807, 2.05) is 13.8 Å². The average molecular weight is 402 g/mol. The zero-order valence-electron chi connectivity index (χ0n) is 17.1. The molecule has 0 aliphatic heterocycles. The minimum atomic E-state index is -0.847. The molecule has 4 aliphatic rings. The van der Waals surface area contributed by atoms with Gasteiger partial charge in [-0.1, -0.05) is 13.8 Å². The van der Waals surface area contributed by atoms with Crippen LogP contribution in [-0.4, -0.2) is 36.0 Å². The van der Waals surface area contributed by atoms with Crippen LogP contribution in [0.25, 0.3) is 0 Å². The summed E-state index contributed by atoms with van der Waals surface area (Å²) in [5.41, 5.74) is -0.108. The normalized spacial score (nSPS) is 30.8. The Balaban J connectivity index is 1.29. The van der Waals surface area contributed by atoms with Gasteiger partial charge in [-0.3, -0.25) is 9.59 Å². The van der Waals surface area contributed by atoms with Gasteiger partial charge in [0, 0.05) is 5.54 Å².